The molecule has 2 amide bonds. The number of halogens is 2. The van der Waals surface area contributed by atoms with Gasteiger partial charge in [0.25, 0.3) is 10.0 Å². The van der Waals surface area contributed by atoms with Gasteiger partial charge in [-0.2, -0.15) is 0 Å². The van der Waals surface area contributed by atoms with Crippen molar-refractivity contribution in [2.24, 2.45) is 0 Å². The van der Waals surface area contributed by atoms with Gasteiger partial charge in [0.15, 0.2) is 0 Å². The molecule has 0 aromatic heterocycles. The second-order valence-corrected chi connectivity index (χ2v) is 13.5. The van der Waals surface area contributed by atoms with E-state index in [0.717, 1.165) is 33.8 Å². The van der Waals surface area contributed by atoms with Crippen LogP contribution in [0.15, 0.2) is 102 Å². The smallest absolute Gasteiger partial charge is 0.264 e. The fourth-order valence-electron chi connectivity index (χ4n) is 5.01. The number of nitrogens with one attached hydrogen (secondary N) is 1. The van der Waals surface area contributed by atoms with Crippen LogP contribution in [0.4, 0.5) is 10.1 Å². The predicted molar refractivity (Wildman–Crippen MR) is 181 cm³/mol. The summed E-state index contributed by atoms with van der Waals surface area (Å²) >= 11 is 6.05. The molecule has 0 fully saturated rings. The number of carbonyl (C=O) groups excluding carboxylic acids is 2. The summed E-state index contributed by atoms with van der Waals surface area (Å²) in [5, 5.41) is 3.29. The van der Waals surface area contributed by atoms with Gasteiger partial charge in [0.2, 0.25) is 11.8 Å². The number of carbonyl (C=O) groups is 2. The Balaban J connectivity index is 1.81. The van der Waals surface area contributed by atoms with Crippen molar-refractivity contribution in [1.29, 1.82) is 0 Å². The molecule has 4 aromatic carbocycles. The molecule has 0 heterocycles. The lowest BCUT2D eigenvalue weighted by molar-refractivity contribution is -0.140. The molecule has 0 radical (unpaired) electrons. The number of unbranched alkanes of at least 4 members (excludes halogenated alkanes) is 1. The van der Waals surface area contributed by atoms with Gasteiger partial charge in [-0.3, -0.25) is 13.9 Å². The standard InChI is InChI=1S/C36H39ClFN3O4S/c1-4-5-21-39-36(43)34(23-28-11-7-6-8-12-28)40(24-29-13-9-10-14-33(29)38)35(42)25-41(31-18-15-26(2)27(3)22-31)46(44,45)32-19-16-30(37)17-20-32/h6-20,22,34H,4-5,21,23-25H2,1-3H3,(H,39,43). The number of hydrogen-bond acceptors (Lipinski definition) is 4. The summed E-state index contributed by atoms with van der Waals surface area (Å²) < 4.78 is 44.4. The summed E-state index contributed by atoms with van der Waals surface area (Å²) in [5.41, 5.74) is 3.07. The maximum absolute atomic E-state index is 15.1. The zero-order chi connectivity index (χ0) is 33.3. The number of anilines is 1. The quantitative estimate of drug-likeness (QED) is 0.150. The summed E-state index contributed by atoms with van der Waals surface area (Å²) in [7, 11) is -4.28. The molecular formula is C36H39ClFN3O4S. The normalized spacial score (nSPS) is 11.9. The van der Waals surface area contributed by atoms with E-state index in [1.807, 2.05) is 51.1 Å². The molecule has 0 saturated carbocycles. The van der Waals surface area contributed by atoms with Crippen molar-refractivity contribution in [2.75, 3.05) is 17.4 Å². The fraction of sp³-hybridized carbons (Fsp3) is 0.278. The van der Waals surface area contributed by atoms with Gasteiger partial charge in [-0.25, -0.2) is 12.8 Å². The van der Waals surface area contributed by atoms with Gasteiger partial charge in [-0.05, 0) is 79.4 Å². The van der Waals surface area contributed by atoms with E-state index >= 15 is 4.39 Å². The van der Waals surface area contributed by atoms with E-state index in [4.69, 9.17) is 11.6 Å². The fourth-order valence-corrected chi connectivity index (χ4v) is 6.55. The highest BCUT2D eigenvalue weighted by atomic mass is 35.5. The Kier molecular flexibility index (Phi) is 12.0. The average Bonchev–Trinajstić information content (AvgIpc) is 3.04. The summed E-state index contributed by atoms with van der Waals surface area (Å²) in [6.45, 7) is 5.30. The van der Waals surface area contributed by atoms with E-state index in [1.54, 1.807) is 36.4 Å². The first-order valence-electron chi connectivity index (χ1n) is 15.2. The van der Waals surface area contributed by atoms with Gasteiger partial charge in [-0.15, -0.1) is 0 Å². The van der Waals surface area contributed by atoms with Crippen LogP contribution in [0, 0.1) is 19.7 Å². The van der Waals surface area contributed by atoms with Crippen molar-refractivity contribution in [3.63, 3.8) is 0 Å². The molecule has 7 nitrogen and oxygen atoms in total. The molecule has 0 aliphatic rings. The van der Waals surface area contributed by atoms with Crippen LogP contribution >= 0.6 is 11.6 Å². The monoisotopic (exact) mass is 663 g/mol. The number of nitrogens with zero attached hydrogens (tertiary/aromatic N) is 2. The lowest BCUT2D eigenvalue weighted by atomic mass is 10.0. The van der Waals surface area contributed by atoms with Crippen LogP contribution in [-0.4, -0.2) is 44.3 Å². The van der Waals surface area contributed by atoms with Crippen molar-refractivity contribution < 1.29 is 22.4 Å². The molecule has 4 rings (SSSR count). The van der Waals surface area contributed by atoms with Gasteiger partial charge in [-0.1, -0.05) is 79.5 Å². The van der Waals surface area contributed by atoms with E-state index in [1.165, 1.54) is 35.2 Å². The molecule has 1 N–H and O–H groups in total. The lowest BCUT2D eigenvalue weighted by Crippen LogP contribution is -2.53. The minimum atomic E-state index is -4.28. The van der Waals surface area contributed by atoms with Crippen molar-refractivity contribution in [3.05, 3.63) is 130 Å². The zero-order valence-electron chi connectivity index (χ0n) is 26.2. The van der Waals surface area contributed by atoms with Crippen molar-refractivity contribution in [3.8, 4) is 0 Å². The average molecular weight is 664 g/mol. The number of amides is 2. The van der Waals surface area contributed by atoms with E-state index in [9.17, 15) is 18.0 Å². The topological polar surface area (TPSA) is 86.8 Å². The summed E-state index contributed by atoms with van der Waals surface area (Å²) in [6, 6.07) is 25.1. The highest BCUT2D eigenvalue weighted by molar-refractivity contribution is 7.92. The van der Waals surface area contributed by atoms with Crippen molar-refractivity contribution >= 4 is 39.1 Å². The first-order chi connectivity index (χ1) is 22.0. The molecule has 4 aromatic rings. The van der Waals surface area contributed by atoms with Gasteiger partial charge >= 0.3 is 0 Å². The largest absolute Gasteiger partial charge is 0.354 e. The molecule has 242 valence electrons. The van der Waals surface area contributed by atoms with E-state index in [0.29, 0.717) is 11.6 Å². The van der Waals surface area contributed by atoms with E-state index in [2.05, 4.69) is 5.32 Å². The minimum absolute atomic E-state index is 0.0540. The van der Waals surface area contributed by atoms with Crippen LogP contribution in [0.3, 0.4) is 0 Å². The maximum atomic E-state index is 15.1. The van der Waals surface area contributed by atoms with Crippen LogP contribution in [0.1, 0.15) is 42.0 Å². The van der Waals surface area contributed by atoms with Crippen molar-refractivity contribution in [1.82, 2.24) is 10.2 Å². The number of aryl methyl sites for hydroxylation is 2. The summed E-state index contributed by atoms with van der Waals surface area (Å²) in [5.74, 6) is -1.60. The third-order valence-electron chi connectivity index (χ3n) is 7.86. The molecule has 0 bridgehead atoms. The lowest BCUT2D eigenvalue weighted by Gasteiger charge is -2.34. The molecular weight excluding hydrogens is 625 g/mol. The van der Waals surface area contributed by atoms with Crippen LogP contribution < -0.4 is 9.62 Å². The maximum Gasteiger partial charge on any atom is 0.264 e. The highest BCUT2D eigenvalue weighted by Gasteiger charge is 2.35. The van der Waals surface area contributed by atoms with Gasteiger partial charge in [0, 0.05) is 30.1 Å². The third-order valence-corrected chi connectivity index (χ3v) is 9.90. The first kappa shape index (κ1) is 34.7. The van der Waals surface area contributed by atoms with Gasteiger partial charge < -0.3 is 10.2 Å². The van der Waals surface area contributed by atoms with Crippen LogP contribution in [0.2, 0.25) is 5.02 Å². The van der Waals surface area contributed by atoms with Gasteiger partial charge in [0.05, 0.1) is 10.6 Å². The van der Waals surface area contributed by atoms with E-state index < -0.39 is 40.2 Å². The number of sulfonamides is 1. The predicted octanol–water partition coefficient (Wildman–Crippen LogP) is 6.85. The highest BCUT2D eigenvalue weighted by Crippen LogP contribution is 2.28. The first-order valence-corrected chi connectivity index (χ1v) is 17.0. The van der Waals surface area contributed by atoms with E-state index in [-0.39, 0.29) is 29.1 Å². The Hall–Kier alpha value is -4.21. The summed E-state index contributed by atoms with van der Waals surface area (Å²) in [6.07, 6.45) is 1.74. The van der Waals surface area contributed by atoms with Crippen LogP contribution in [0.5, 0.6) is 0 Å². The Morgan fingerprint density at radius 3 is 2.22 bits per heavy atom. The Bertz CT molecular complexity index is 1750. The second-order valence-electron chi connectivity index (χ2n) is 11.2. The number of rotatable bonds is 14. The SMILES string of the molecule is CCCCNC(=O)C(Cc1ccccc1)N(Cc1ccccc1F)C(=O)CN(c1ccc(C)c(C)c1)S(=O)(=O)c1ccc(Cl)cc1. The Morgan fingerprint density at radius 2 is 1.57 bits per heavy atom. The zero-order valence-corrected chi connectivity index (χ0v) is 27.8. The Labute approximate surface area is 276 Å². The molecule has 0 aliphatic carbocycles. The number of benzene rings is 4. The molecule has 0 aliphatic heterocycles. The molecule has 46 heavy (non-hydrogen) atoms. The molecule has 1 atom stereocenters. The van der Waals surface area contributed by atoms with Crippen LogP contribution in [-0.2, 0) is 32.6 Å². The minimum Gasteiger partial charge on any atom is -0.354 e. The molecule has 0 saturated heterocycles. The Morgan fingerprint density at radius 1 is 0.891 bits per heavy atom. The third kappa shape index (κ3) is 8.73. The summed E-state index contributed by atoms with van der Waals surface area (Å²) in [4.78, 5) is 29.5. The van der Waals surface area contributed by atoms with Gasteiger partial charge in [0.1, 0.15) is 18.4 Å². The molecule has 10 heteroatoms. The van der Waals surface area contributed by atoms with Crippen molar-refractivity contribution in [2.45, 2.75) is 57.5 Å². The molecule has 1 unspecified atom stereocenters. The van der Waals surface area contributed by atoms with Crippen LogP contribution in [0.25, 0.3) is 0 Å². The second kappa shape index (κ2) is 15.9. The molecule has 0 spiro atoms. The number of hydrogen-bond donors (Lipinski definition) is 1.